The second-order valence-electron chi connectivity index (χ2n) is 5.20. The molecule has 0 heterocycles. The number of amides is 1. The number of hydrogen-bond donors (Lipinski definition) is 2. The smallest absolute Gasteiger partial charge is 0.326 e. The third-order valence-electron chi connectivity index (χ3n) is 3.25. The van der Waals surface area contributed by atoms with E-state index in [0.29, 0.717) is 16.8 Å². The standard InChI is InChI=1S/C16H14ClF3N2O3S/c17-11-5-7-12(8-6-11)22-15(23)9-10-21-26(24,25)14-4-2-1-3-13(14)16(18,19)20/h1-8,21H,9-10H2,(H,22,23). The van der Waals surface area contributed by atoms with Gasteiger partial charge in [0.1, 0.15) is 0 Å². The Hall–Kier alpha value is -2.10. The molecule has 2 aromatic carbocycles. The molecule has 2 rings (SSSR count). The summed E-state index contributed by atoms with van der Waals surface area (Å²) in [7, 11) is -4.42. The number of carbonyl (C=O) groups excluding carboxylic acids is 1. The number of anilines is 1. The van der Waals surface area contributed by atoms with Gasteiger partial charge in [0.25, 0.3) is 0 Å². The highest BCUT2D eigenvalue weighted by atomic mass is 35.5. The van der Waals surface area contributed by atoms with E-state index in [1.165, 1.54) is 6.07 Å². The summed E-state index contributed by atoms with van der Waals surface area (Å²) in [6.45, 7) is -0.353. The molecule has 26 heavy (non-hydrogen) atoms. The van der Waals surface area contributed by atoms with Crippen LogP contribution in [0.1, 0.15) is 12.0 Å². The lowest BCUT2D eigenvalue weighted by atomic mass is 10.2. The lowest BCUT2D eigenvalue weighted by molar-refractivity contribution is -0.139. The number of benzene rings is 2. The molecule has 0 fully saturated rings. The van der Waals surface area contributed by atoms with Gasteiger partial charge in [0.05, 0.1) is 10.5 Å². The fraction of sp³-hybridized carbons (Fsp3) is 0.188. The maximum absolute atomic E-state index is 12.9. The predicted molar refractivity (Wildman–Crippen MR) is 91.3 cm³/mol. The second-order valence-corrected chi connectivity index (χ2v) is 7.37. The molecule has 140 valence electrons. The van der Waals surface area contributed by atoms with Gasteiger partial charge in [0.2, 0.25) is 15.9 Å². The van der Waals surface area contributed by atoms with E-state index in [1.54, 1.807) is 24.3 Å². The van der Waals surface area contributed by atoms with Crippen LogP contribution in [0.4, 0.5) is 18.9 Å². The van der Waals surface area contributed by atoms with E-state index in [1.807, 2.05) is 4.72 Å². The van der Waals surface area contributed by atoms with Crippen LogP contribution < -0.4 is 10.0 Å². The summed E-state index contributed by atoms with van der Waals surface area (Å²) in [5.41, 5.74) is -0.803. The molecule has 2 aromatic rings. The fourth-order valence-corrected chi connectivity index (χ4v) is 3.45. The number of hydrogen-bond acceptors (Lipinski definition) is 3. The molecule has 0 aliphatic carbocycles. The normalized spacial score (nSPS) is 12.0. The van der Waals surface area contributed by atoms with Crippen LogP contribution in [0.15, 0.2) is 53.4 Å². The molecule has 0 unspecified atom stereocenters. The summed E-state index contributed by atoms with van der Waals surface area (Å²) >= 11 is 5.72. The van der Waals surface area contributed by atoms with Gasteiger partial charge in [-0.1, -0.05) is 23.7 Å². The highest BCUT2D eigenvalue weighted by molar-refractivity contribution is 7.89. The Labute approximate surface area is 153 Å². The number of sulfonamides is 1. The Morgan fingerprint density at radius 2 is 1.65 bits per heavy atom. The lowest BCUT2D eigenvalue weighted by Crippen LogP contribution is -2.29. The van der Waals surface area contributed by atoms with Crippen molar-refractivity contribution in [1.29, 1.82) is 0 Å². The van der Waals surface area contributed by atoms with E-state index in [0.717, 1.165) is 12.1 Å². The zero-order valence-corrected chi connectivity index (χ0v) is 14.8. The third-order valence-corrected chi connectivity index (χ3v) is 5.03. The van der Waals surface area contributed by atoms with Gasteiger partial charge < -0.3 is 5.32 Å². The Balaban J connectivity index is 1.98. The molecule has 0 aromatic heterocycles. The van der Waals surface area contributed by atoms with Gasteiger partial charge in [0, 0.05) is 23.7 Å². The first kappa shape index (κ1) is 20.2. The molecule has 5 nitrogen and oxygen atoms in total. The minimum Gasteiger partial charge on any atom is -0.326 e. The Morgan fingerprint density at radius 1 is 1.04 bits per heavy atom. The van der Waals surface area contributed by atoms with Crippen molar-refractivity contribution >= 4 is 33.2 Å². The van der Waals surface area contributed by atoms with Crippen molar-refractivity contribution in [3.63, 3.8) is 0 Å². The lowest BCUT2D eigenvalue weighted by Gasteiger charge is -2.13. The van der Waals surface area contributed by atoms with Gasteiger partial charge in [-0.25, -0.2) is 13.1 Å². The zero-order chi connectivity index (χ0) is 19.4. The van der Waals surface area contributed by atoms with Crippen LogP contribution in [0.3, 0.4) is 0 Å². The Bertz CT molecular complexity index is 884. The molecule has 0 radical (unpaired) electrons. The summed E-state index contributed by atoms with van der Waals surface area (Å²) < 4.78 is 65.0. The van der Waals surface area contributed by atoms with Crippen molar-refractivity contribution in [2.75, 3.05) is 11.9 Å². The van der Waals surface area contributed by atoms with E-state index in [-0.39, 0.29) is 13.0 Å². The van der Waals surface area contributed by atoms with E-state index in [4.69, 9.17) is 11.6 Å². The van der Waals surface area contributed by atoms with Crippen LogP contribution in [-0.2, 0) is 21.0 Å². The Kier molecular flexibility index (Phi) is 6.27. The molecular formula is C16H14ClF3N2O3S. The molecule has 2 N–H and O–H groups in total. The van der Waals surface area contributed by atoms with E-state index < -0.39 is 32.6 Å². The van der Waals surface area contributed by atoms with Gasteiger partial charge >= 0.3 is 6.18 Å². The maximum Gasteiger partial charge on any atom is 0.417 e. The minimum absolute atomic E-state index is 0.254. The third kappa shape index (κ3) is 5.45. The van der Waals surface area contributed by atoms with Gasteiger partial charge in [-0.15, -0.1) is 0 Å². The van der Waals surface area contributed by atoms with E-state index in [9.17, 15) is 26.4 Å². The van der Waals surface area contributed by atoms with Crippen LogP contribution in [0.2, 0.25) is 5.02 Å². The number of carbonyl (C=O) groups is 1. The van der Waals surface area contributed by atoms with Crippen molar-refractivity contribution < 1.29 is 26.4 Å². The van der Waals surface area contributed by atoms with Crippen LogP contribution in [-0.4, -0.2) is 20.9 Å². The minimum atomic E-state index is -4.81. The molecule has 10 heteroatoms. The van der Waals surface area contributed by atoms with Crippen molar-refractivity contribution in [3.8, 4) is 0 Å². The van der Waals surface area contributed by atoms with Gasteiger partial charge in [-0.05, 0) is 36.4 Å². The number of halogens is 4. The Morgan fingerprint density at radius 3 is 2.27 bits per heavy atom. The molecule has 0 saturated heterocycles. The quantitative estimate of drug-likeness (QED) is 0.768. The highest BCUT2D eigenvalue weighted by Crippen LogP contribution is 2.33. The largest absolute Gasteiger partial charge is 0.417 e. The molecule has 0 saturated carbocycles. The second kappa shape index (κ2) is 8.07. The molecule has 0 aliphatic rings. The molecule has 0 aliphatic heterocycles. The number of rotatable bonds is 6. The van der Waals surface area contributed by atoms with Gasteiger partial charge in [-0.2, -0.15) is 13.2 Å². The topological polar surface area (TPSA) is 75.3 Å². The van der Waals surface area contributed by atoms with Crippen LogP contribution in [0, 0.1) is 0 Å². The molecule has 1 amide bonds. The predicted octanol–water partition coefficient (Wildman–Crippen LogP) is 3.67. The fourth-order valence-electron chi connectivity index (χ4n) is 2.07. The highest BCUT2D eigenvalue weighted by Gasteiger charge is 2.36. The number of alkyl halides is 3. The van der Waals surface area contributed by atoms with Crippen molar-refractivity contribution in [1.82, 2.24) is 4.72 Å². The number of nitrogens with one attached hydrogen (secondary N) is 2. The molecular weight excluding hydrogens is 393 g/mol. The summed E-state index contributed by atoms with van der Waals surface area (Å²) in [5, 5.41) is 3.00. The van der Waals surface area contributed by atoms with E-state index >= 15 is 0 Å². The molecule has 0 atom stereocenters. The summed E-state index contributed by atoms with van der Waals surface area (Å²) in [6.07, 6.45) is -5.06. The van der Waals surface area contributed by atoms with Crippen LogP contribution in [0.5, 0.6) is 0 Å². The molecule has 0 spiro atoms. The van der Waals surface area contributed by atoms with E-state index in [2.05, 4.69) is 5.32 Å². The first-order valence-electron chi connectivity index (χ1n) is 7.31. The SMILES string of the molecule is O=C(CCNS(=O)(=O)c1ccccc1C(F)(F)F)Nc1ccc(Cl)cc1. The van der Waals surface area contributed by atoms with Crippen molar-refractivity contribution in [3.05, 3.63) is 59.1 Å². The average Bonchev–Trinajstić information content (AvgIpc) is 2.56. The summed E-state index contributed by atoms with van der Waals surface area (Å²) in [5.74, 6) is -0.501. The maximum atomic E-state index is 12.9. The summed E-state index contributed by atoms with van der Waals surface area (Å²) in [6, 6.07) is 10.1. The van der Waals surface area contributed by atoms with Crippen LogP contribution >= 0.6 is 11.6 Å². The summed E-state index contributed by atoms with van der Waals surface area (Å²) in [4.78, 5) is 10.9. The first-order valence-corrected chi connectivity index (χ1v) is 9.17. The first-order chi connectivity index (χ1) is 12.1. The van der Waals surface area contributed by atoms with Gasteiger partial charge in [-0.3, -0.25) is 4.79 Å². The zero-order valence-electron chi connectivity index (χ0n) is 13.2. The average molecular weight is 407 g/mol. The van der Waals surface area contributed by atoms with Crippen LogP contribution in [0.25, 0.3) is 0 Å². The molecule has 0 bridgehead atoms. The monoisotopic (exact) mass is 406 g/mol. The van der Waals surface area contributed by atoms with Gasteiger partial charge in [0.15, 0.2) is 0 Å². The van der Waals surface area contributed by atoms with Crippen molar-refractivity contribution in [2.45, 2.75) is 17.5 Å². The van der Waals surface area contributed by atoms with Crippen molar-refractivity contribution in [2.24, 2.45) is 0 Å².